The second-order valence-corrected chi connectivity index (χ2v) is 6.23. The molecule has 1 N–H and O–H groups in total. The lowest BCUT2D eigenvalue weighted by molar-refractivity contribution is 0.917. The molecule has 0 fully saturated rings. The van der Waals surface area contributed by atoms with Gasteiger partial charge in [-0.05, 0) is 43.9 Å². The van der Waals surface area contributed by atoms with E-state index in [4.69, 9.17) is 0 Å². The Labute approximate surface area is 121 Å². The Bertz CT molecular complexity index is 777. The van der Waals surface area contributed by atoms with Crippen LogP contribution in [0.3, 0.4) is 0 Å². The van der Waals surface area contributed by atoms with Gasteiger partial charge in [0.25, 0.3) is 0 Å². The lowest BCUT2D eigenvalue weighted by Crippen LogP contribution is -1.98. The molecule has 20 heavy (non-hydrogen) atoms. The zero-order chi connectivity index (χ0) is 13.5. The SMILES string of the molecule is Cc1nc(Nc2ccccc2)c2c3c(sc2n1)CCC3. The van der Waals surface area contributed by atoms with E-state index in [0.717, 1.165) is 28.6 Å². The molecule has 100 valence electrons. The van der Waals surface area contributed by atoms with Crippen LogP contribution in [0, 0.1) is 6.92 Å². The number of nitrogens with one attached hydrogen (secondary N) is 1. The molecular formula is C16H15N3S. The molecule has 0 saturated carbocycles. The van der Waals surface area contributed by atoms with Crippen LogP contribution in [0.2, 0.25) is 0 Å². The van der Waals surface area contributed by atoms with Crippen LogP contribution < -0.4 is 5.32 Å². The molecule has 2 aromatic heterocycles. The molecule has 4 rings (SSSR count). The Morgan fingerprint density at radius 2 is 1.95 bits per heavy atom. The minimum absolute atomic E-state index is 0.829. The van der Waals surface area contributed by atoms with Gasteiger partial charge < -0.3 is 5.32 Å². The minimum atomic E-state index is 0.829. The Kier molecular flexibility index (Phi) is 2.70. The third kappa shape index (κ3) is 1.88. The van der Waals surface area contributed by atoms with Crippen LogP contribution in [-0.4, -0.2) is 9.97 Å². The number of fused-ring (bicyclic) bond motifs is 3. The largest absolute Gasteiger partial charge is 0.340 e. The van der Waals surface area contributed by atoms with E-state index in [-0.39, 0.29) is 0 Å². The van der Waals surface area contributed by atoms with Crippen molar-refractivity contribution in [2.24, 2.45) is 0 Å². The highest BCUT2D eigenvalue weighted by Gasteiger charge is 2.21. The summed E-state index contributed by atoms with van der Waals surface area (Å²) in [6, 6.07) is 10.2. The van der Waals surface area contributed by atoms with E-state index in [1.54, 1.807) is 0 Å². The van der Waals surface area contributed by atoms with Gasteiger partial charge >= 0.3 is 0 Å². The van der Waals surface area contributed by atoms with Crippen molar-refractivity contribution in [3.05, 3.63) is 46.6 Å². The molecule has 3 aromatic rings. The van der Waals surface area contributed by atoms with Gasteiger partial charge in [0, 0.05) is 10.6 Å². The van der Waals surface area contributed by atoms with Gasteiger partial charge in [-0.25, -0.2) is 9.97 Å². The number of benzene rings is 1. The molecule has 0 bridgehead atoms. The summed E-state index contributed by atoms with van der Waals surface area (Å²) in [5, 5.41) is 4.69. The molecule has 4 heteroatoms. The maximum atomic E-state index is 4.63. The number of anilines is 2. The van der Waals surface area contributed by atoms with Gasteiger partial charge in [-0.2, -0.15) is 0 Å². The fraction of sp³-hybridized carbons (Fsp3) is 0.250. The Morgan fingerprint density at radius 1 is 1.10 bits per heavy atom. The Hall–Kier alpha value is -1.94. The summed E-state index contributed by atoms with van der Waals surface area (Å²) >= 11 is 1.83. The van der Waals surface area contributed by atoms with Gasteiger partial charge in [0.15, 0.2) is 0 Å². The first-order chi connectivity index (χ1) is 9.81. The van der Waals surface area contributed by atoms with Crippen LogP contribution >= 0.6 is 11.3 Å². The van der Waals surface area contributed by atoms with Crippen LogP contribution in [0.25, 0.3) is 10.2 Å². The number of para-hydroxylation sites is 1. The summed E-state index contributed by atoms with van der Waals surface area (Å²) in [5.74, 6) is 1.79. The number of nitrogens with zero attached hydrogens (tertiary/aromatic N) is 2. The maximum Gasteiger partial charge on any atom is 0.143 e. The highest BCUT2D eigenvalue weighted by Crippen LogP contribution is 2.40. The van der Waals surface area contributed by atoms with E-state index >= 15 is 0 Å². The Balaban J connectivity index is 1.89. The molecule has 2 heterocycles. The van der Waals surface area contributed by atoms with Crippen molar-refractivity contribution in [1.82, 2.24) is 9.97 Å². The zero-order valence-electron chi connectivity index (χ0n) is 11.3. The molecule has 1 aliphatic rings. The second kappa shape index (κ2) is 4.56. The van der Waals surface area contributed by atoms with Crippen molar-refractivity contribution in [1.29, 1.82) is 0 Å². The van der Waals surface area contributed by atoms with Crippen molar-refractivity contribution in [3.63, 3.8) is 0 Å². The topological polar surface area (TPSA) is 37.8 Å². The van der Waals surface area contributed by atoms with E-state index in [9.17, 15) is 0 Å². The Morgan fingerprint density at radius 3 is 2.80 bits per heavy atom. The molecular weight excluding hydrogens is 266 g/mol. The van der Waals surface area contributed by atoms with Crippen molar-refractivity contribution in [2.45, 2.75) is 26.2 Å². The molecule has 1 aliphatic carbocycles. The van der Waals surface area contributed by atoms with E-state index in [2.05, 4.69) is 27.4 Å². The van der Waals surface area contributed by atoms with E-state index in [1.807, 2.05) is 36.5 Å². The highest BCUT2D eigenvalue weighted by molar-refractivity contribution is 7.19. The average Bonchev–Trinajstić information content (AvgIpc) is 2.99. The van der Waals surface area contributed by atoms with Crippen molar-refractivity contribution in [3.8, 4) is 0 Å². The summed E-state index contributed by atoms with van der Waals surface area (Å²) < 4.78 is 0. The average molecular weight is 281 g/mol. The maximum absolute atomic E-state index is 4.63. The van der Waals surface area contributed by atoms with Gasteiger partial charge in [0.1, 0.15) is 16.5 Å². The minimum Gasteiger partial charge on any atom is -0.340 e. The predicted molar refractivity (Wildman–Crippen MR) is 83.9 cm³/mol. The van der Waals surface area contributed by atoms with Crippen molar-refractivity contribution >= 4 is 33.1 Å². The number of hydrogen-bond donors (Lipinski definition) is 1. The molecule has 0 unspecified atom stereocenters. The van der Waals surface area contributed by atoms with Crippen molar-refractivity contribution < 1.29 is 0 Å². The van der Waals surface area contributed by atoms with Gasteiger partial charge in [0.2, 0.25) is 0 Å². The molecule has 0 amide bonds. The van der Waals surface area contributed by atoms with E-state index < -0.39 is 0 Å². The fourth-order valence-electron chi connectivity index (χ4n) is 2.85. The molecule has 0 atom stereocenters. The number of thiophene rings is 1. The molecule has 1 aromatic carbocycles. The van der Waals surface area contributed by atoms with Gasteiger partial charge in [-0.1, -0.05) is 18.2 Å². The first kappa shape index (κ1) is 11.9. The van der Waals surface area contributed by atoms with E-state index in [1.165, 1.54) is 28.7 Å². The quantitative estimate of drug-likeness (QED) is 0.763. The molecule has 0 saturated heterocycles. The summed E-state index contributed by atoms with van der Waals surface area (Å²) in [4.78, 5) is 11.9. The molecule has 0 aliphatic heterocycles. The fourth-order valence-corrected chi connectivity index (χ4v) is 4.16. The van der Waals surface area contributed by atoms with Gasteiger partial charge in [-0.3, -0.25) is 0 Å². The van der Waals surface area contributed by atoms with Gasteiger partial charge in [-0.15, -0.1) is 11.3 Å². The third-order valence-corrected chi connectivity index (χ3v) is 4.90. The summed E-state index contributed by atoms with van der Waals surface area (Å²) in [5.41, 5.74) is 2.54. The first-order valence-electron chi connectivity index (χ1n) is 6.92. The third-order valence-electron chi connectivity index (χ3n) is 3.71. The van der Waals surface area contributed by atoms with Crippen molar-refractivity contribution in [2.75, 3.05) is 5.32 Å². The van der Waals surface area contributed by atoms with Crippen LogP contribution in [0.1, 0.15) is 22.7 Å². The van der Waals surface area contributed by atoms with Crippen LogP contribution in [-0.2, 0) is 12.8 Å². The predicted octanol–water partition coefficient (Wildman–Crippen LogP) is 4.23. The summed E-state index contributed by atoms with van der Waals surface area (Å²) in [6.07, 6.45) is 3.61. The highest BCUT2D eigenvalue weighted by atomic mass is 32.1. The standard InChI is InChI=1S/C16H15N3S/c1-10-17-15(19-11-6-3-2-4-7-11)14-12-8-5-9-13(12)20-16(14)18-10/h2-4,6-7H,5,8-9H2,1H3,(H,17,18,19). The van der Waals surface area contributed by atoms with Crippen LogP contribution in [0.5, 0.6) is 0 Å². The molecule has 3 nitrogen and oxygen atoms in total. The molecule has 0 spiro atoms. The monoisotopic (exact) mass is 281 g/mol. The second-order valence-electron chi connectivity index (χ2n) is 5.15. The van der Waals surface area contributed by atoms with Crippen LogP contribution in [0.4, 0.5) is 11.5 Å². The molecule has 0 radical (unpaired) electrons. The van der Waals surface area contributed by atoms with Gasteiger partial charge in [0.05, 0.1) is 5.39 Å². The number of aryl methyl sites for hydroxylation is 3. The number of hydrogen-bond acceptors (Lipinski definition) is 4. The zero-order valence-corrected chi connectivity index (χ0v) is 12.1. The number of aromatic nitrogens is 2. The normalized spacial score (nSPS) is 13.7. The lowest BCUT2D eigenvalue weighted by Gasteiger charge is -2.08. The van der Waals surface area contributed by atoms with Crippen LogP contribution in [0.15, 0.2) is 30.3 Å². The smallest absolute Gasteiger partial charge is 0.143 e. The lowest BCUT2D eigenvalue weighted by atomic mass is 10.2. The first-order valence-corrected chi connectivity index (χ1v) is 7.74. The summed E-state index contributed by atoms with van der Waals surface area (Å²) in [6.45, 7) is 1.96. The number of rotatable bonds is 2. The summed E-state index contributed by atoms with van der Waals surface area (Å²) in [7, 11) is 0. The van der Waals surface area contributed by atoms with E-state index in [0.29, 0.717) is 0 Å².